The average molecular weight is 273 g/mol. The fraction of sp³-hybridized carbons (Fsp3) is 0.294. The van der Waals surface area contributed by atoms with Crippen LogP contribution in [-0.2, 0) is 6.42 Å². The van der Waals surface area contributed by atoms with Crippen LogP contribution in [0.15, 0.2) is 48.5 Å². The average Bonchev–Trinajstić information content (AvgIpc) is 2.45. The summed E-state index contributed by atoms with van der Waals surface area (Å²) in [5, 5.41) is 12.8. The largest absolute Gasteiger partial charge is 0.508 e. The van der Waals surface area contributed by atoms with Gasteiger partial charge in [-0.2, -0.15) is 0 Å². The molecule has 0 amide bonds. The summed E-state index contributed by atoms with van der Waals surface area (Å²) in [6, 6.07) is 13.9. The summed E-state index contributed by atoms with van der Waals surface area (Å²) in [4.78, 5) is 0. The minimum absolute atomic E-state index is 0.0789. The molecule has 1 atom stereocenters. The third-order valence-electron chi connectivity index (χ3n) is 3.27. The lowest BCUT2D eigenvalue weighted by atomic mass is 9.98. The van der Waals surface area contributed by atoms with E-state index < -0.39 is 0 Å². The first-order valence-corrected chi connectivity index (χ1v) is 6.96. The maximum Gasteiger partial charge on any atom is 0.123 e. The highest BCUT2D eigenvalue weighted by Gasteiger charge is 2.12. The van der Waals surface area contributed by atoms with Crippen LogP contribution in [0.4, 0.5) is 4.39 Å². The van der Waals surface area contributed by atoms with Gasteiger partial charge in [-0.3, -0.25) is 0 Å². The lowest BCUT2D eigenvalue weighted by Crippen LogP contribution is -2.24. The molecule has 2 aromatic carbocycles. The Morgan fingerprint density at radius 2 is 1.90 bits per heavy atom. The molecule has 1 unspecified atom stereocenters. The molecule has 0 heterocycles. The molecule has 20 heavy (non-hydrogen) atoms. The Balaban J connectivity index is 2.16. The van der Waals surface area contributed by atoms with Crippen molar-refractivity contribution in [2.45, 2.75) is 25.8 Å². The van der Waals surface area contributed by atoms with Gasteiger partial charge in [0.2, 0.25) is 0 Å². The highest BCUT2D eigenvalue weighted by atomic mass is 19.1. The first-order valence-electron chi connectivity index (χ1n) is 6.96. The van der Waals surface area contributed by atoms with Crippen LogP contribution in [0, 0.1) is 5.82 Å². The van der Waals surface area contributed by atoms with Gasteiger partial charge in [0.1, 0.15) is 11.6 Å². The summed E-state index contributed by atoms with van der Waals surface area (Å²) in [5.41, 5.74) is 2.06. The van der Waals surface area contributed by atoms with Gasteiger partial charge in [-0.15, -0.1) is 0 Å². The molecule has 2 rings (SSSR count). The van der Waals surface area contributed by atoms with Gasteiger partial charge in [-0.1, -0.05) is 31.2 Å². The summed E-state index contributed by atoms with van der Waals surface area (Å²) in [6.45, 7) is 3.00. The second-order valence-corrected chi connectivity index (χ2v) is 4.93. The van der Waals surface area contributed by atoms with Gasteiger partial charge < -0.3 is 10.4 Å². The molecular weight excluding hydrogens is 253 g/mol. The number of halogens is 1. The highest BCUT2D eigenvalue weighted by Crippen LogP contribution is 2.20. The van der Waals surface area contributed by atoms with Crippen LogP contribution in [0.2, 0.25) is 0 Å². The fourth-order valence-electron chi connectivity index (χ4n) is 2.22. The molecule has 0 bridgehead atoms. The van der Waals surface area contributed by atoms with Crippen molar-refractivity contribution in [2.24, 2.45) is 0 Å². The molecule has 2 nitrogen and oxygen atoms in total. The zero-order valence-electron chi connectivity index (χ0n) is 11.6. The van der Waals surface area contributed by atoms with E-state index in [9.17, 15) is 9.50 Å². The number of phenolic OH excluding ortho intramolecular Hbond substituents is 1. The molecular formula is C17H20FNO. The van der Waals surface area contributed by atoms with Crippen molar-refractivity contribution < 1.29 is 9.50 Å². The number of aromatic hydroxyl groups is 1. The van der Waals surface area contributed by atoms with Crippen molar-refractivity contribution in [1.82, 2.24) is 5.32 Å². The summed E-state index contributed by atoms with van der Waals surface area (Å²) in [5.74, 6) is 0.0501. The van der Waals surface area contributed by atoms with Gasteiger partial charge in [0, 0.05) is 6.04 Å². The molecule has 0 radical (unpaired) electrons. The van der Waals surface area contributed by atoms with Crippen LogP contribution in [0.25, 0.3) is 0 Å². The number of hydrogen-bond donors (Lipinski definition) is 2. The highest BCUT2D eigenvalue weighted by molar-refractivity contribution is 5.28. The van der Waals surface area contributed by atoms with Gasteiger partial charge in [-0.25, -0.2) is 4.39 Å². The predicted molar refractivity (Wildman–Crippen MR) is 79.2 cm³/mol. The predicted octanol–water partition coefficient (Wildman–Crippen LogP) is 3.81. The summed E-state index contributed by atoms with van der Waals surface area (Å²) < 4.78 is 13.4. The van der Waals surface area contributed by atoms with E-state index in [-0.39, 0.29) is 17.6 Å². The van der Waals surface area contributed by atoms with Crippen LogP contribution in [-0.4, -0.2) is 11.7 Å². The third kappa shape index (κ3) is 4.07. The fourth-order valence-corrected chi connectivity index (χ4v) is 2.22. The Labute approximate surface area is 119 Å². The molecule has 0 spiro atoms. The summed E-state index contributed by atoms with van der Waals surface area (Å²) in [7, 11) is 0. The minimum atomic E-state index is -0.212. The van der Waals surface area contributed by atoms with E-state index in [4.69, 9.17) is 0 Å². The summed E-state index contributed by atoms with van der Waals surface area (Å²) >= 11 is 0. The zero-order valence-corrected chi connectivity index (χ0v) is 11.6. The van der Waals surface area contributed by atoms with Crippen LogP contribution < -0.4 is 5.32 Å². The van der Waals surface area contributed by atoms with E-state index in [1.165, 1.54) is 6.07 Å². The van der Waals surface area contributed by atoms with Crippen LogP contribution in [0.5, 0.6) is 5.75 Å². The van der Waals surface area contributed by atoms with Crippen molar-refractivity contribution in [3.63, 3.8) is 0 Å². The SMILES string of the molecule is CCCNC(Cc1ccc(O)cc1)c1cccc(F)c1. The molecule has 2 aromatic rings. The van der Waals surface area contributed by atoms with Crippen molar-refractivity contribution >= 4 is 0 Å². The van der Waals surface area contributed by atoms with Crippen molar-refractivity contribution in [3.8, 4) is 5.75 Å². The molecule has 0 saturated carbocycles. The normalized spacial score (nSPS) is 12.3. The lowest BCUT2D eigenvalue weighted by molar-refractivity contribution is 0.474. The molecule has 0 aromatic heterocycles. The molecule has 2 N–H and O–H groups in total. The first-order chi connectivity index (χ1) is 9.69. The second-order valence-electron chi connectivity index (χ2n) is 4.93. The van der Waals surface area contributed by atoms with Gasteiger partial charge in [0.15, 0.2) is 0 Å². The quantitative estimate of drug-likeness (QED) is 0.838. The standard InChI is InChI=1S/C17H20FNO/c1-2-10-19-17(14-4-3-5-15(18)12-14)11-13-6-8-16(20)9-7-13/h3-9,12,17,19-20H,2,10-11H2,1H3. The zero-order chi connectivity index (χ0) is 14.4. The minimum Gasteiger partial charge on any atom is -0.508 e. The molecule has 0 aliphatic carbocycles. The Hall–Kier alpha value is -1.87. The van der Waals surface area contributed by atoms with Gasteiger partial charge in [0.25, 0.3) is 0 Å². The van der Waals surface area contributed by atoms with Gasteiger partial charge in [0.05, 0.1) is 0 Å². The number of benzene rings is 2. The molecule has 0 aliphatic heterocycles. The second kappa shape index (κ2) is 7.06. The van der Waals surface area contributed by atoms with Gasteiger partial charge in [-0.05, 0) is 54.8 Å². The maximum absolute atomic E-state index is 13.4. The van der Waals surface area contributed by atoms with Crippen molar-refractivity contribution in [1.29, 1.82) is 0 Å². The Kier molecular flexibility index (Phi) is 5.13. The number of rotatable bonds is 6. The van der Waals surface area contributed by atoms with E-state index >= 15 is 0 Å². The monoisotopic (exact) mass is 273 g/mol. The number of nitrogens with one attached hydrogen (secondary N) is 1. The van der Waals surface area contributed by atoms with E-state index in [0.717, 1.165) is 30.5 Å². The topological polar surface area (TPSA) is 32.3 Å². The van der Waals surface area contributed by atoms with E-state index in [1.54, 1.807) is 24.3 Å². The van der Waals surface area contributed by atoms with E-state index in [2.05, 4.69) is 12.2 Å². The third-order valence-corrected chi connectivity index (χ3v) is 3.27. The molecule has 0 fully saturated rings. The first kappa shape index (κ1) is 14.5. The molecule has 3 heteroatoms. The van der Waals surface area contributed by atoms with E-state index in [0.29, 0.717) is 0 Å². The van der Waals surface area contributed by atoms with E-state index in [1.807, 2.05) is 18.2 Å². The smallest absolute Gasteiger partial charge is 0.123 e. The summed E-state index contributed by atoms with van der Waals surface area (Å²) in [6.07, 6.45) is 1.80. The van der Waals surface area contributed by atoms with Crippen LogP contribution >= 0.6 is 0 Å². The number of hydrogen-bond acceptors (Lipinski definition) is 2. The molecule has 106 valence electrons. The Morgan fingerprint density at radius 3 is 2.55 bits per heavy atom. The van der Waals surface area contributed by atoms with Crippen LogP contribution in [0.3, 0.4) is 0 Å². The lowest BCUT2D eigenvalue weighted by Gasteiger charge is -2.19. The number of phenols is 1. The van der Waals surface area contributed by atoms with Gasteiger partial charge >= 0.3 is 0 Å². The Bertz CT molecular complexity index is 539. The van der Waals surface area contributed by atoms with Crippen molar-refractivity contribution in [2.75, 3.05) is 6.54 Å². The van der Waals surface area contributed by atoms with Crippen molar-refractivity contribution in [3.05, 3.63) is 65.5 Å². The molecule has 0 aliphatic rings. The van der Waals surface area contributed by atoms with Crippen LogP contribution in [0.1, 0.15) is 30.5 Å². The Morgan fingerprint density at radius 1 is 1.15 bits per heavy atom. The maximum atomic E-state index is 13.4. The molecule has 0 saturated heterocycles.